The van der Waals surface area contributed by atoms with Crippen LogP contribution in [0.25, 0.3) is 11.0 Å². The lowest BCUT2D eigenvalue weighted by Crippen LogP contribution is -2.23. The third kappa shape index (κ3) is 5.44. The minimum atomic E-state index is 0.0398. The van der Waals surface area contributed by atoms with E-state index in [0.717, 1.165) is 33.8 Å². The highest BCUT2D eigenvalue weighted by Gasteiger charge is 2.11. The van der Waals surface area contributed by atoms with Crippen molar-refractivity contribution in [1.29, 1.82) is 0 Å². The fourth-order valence-electron chi connectivity index (χ4n) is 2.73. The molecule has 0 fully saturated rings. The van der Waals surface area contributed by atoms with Gasteiger partial charge in [-0.25, -0.2) is 4.98 Å². The van der Waals surface area contributed by atoms with Gasteiger partial charge < -0.3 is 10.1 Å². The number of rotatable bonds is 8. The van der Waals surface area contributed by atoms with Crippen molar-refractivity contribution in [1.82, 2.24) is 15.3 Å². The van der Waals surface area contributed by atoms with Crippen molar-refractivity contribution >= 4 is 28.7 Å². The molecule has 0 bridgehead atoms. The highest BCUT2D eigenvalue weighted by molar-refractivity contribution is 7.99. The van der Waals surface area contributed by atoms with Crippen LogP contribution < -0.4 is 10.1 Å². The Balaban J connectivity index is 1.46. The Morgan fingerprint density at radius 2 is 1.89 bits per heavy atom. The molecule has 3 rings (SSSR count). The summed E-state index contributed by atoms with van der Waals surface area (Å²) >= 11 is 1.65. The molecule has 1 N–H and O–H groups in total. The van der Waals surface area contributed by atoms with Gasteiger partial charge in [-0.15, -0.1) is 11.8 Å². The molecule has 1 unspecified atom stereocenters. The first-order valence-electron chi connectivity index (χ1n) is 8.92. The number of carbonyl (C=O) groups is 1. The standard InChI is InChI=1S/C21H23N3O2S/c1-15(27-21-14-22-17-8-4-5-9-18(17)24-21)11-12-20(25)23-13-16-7-3-6-10-19(16)26-2/h3-10,14-15H,11-13H2,1-2H3,(H,23,25). The molecule has 0 aliphatic carbocycles. The number of fused-ring (bicyclic) bond motifs is 1. The summed E-state index contributed by atoms with van der Waals surface area (Å²) in [5.74, 6) is 0.828. The first kappa shape index (κ1) is 19.2. The van der Waals surface area contributed by atoms with E-state index in [4.69, 9.17) is 4.74 Å². The molecule has 0 aliphatic heterocycles. The van der Waals surface area contributed by atoms with Crippen molar-refractivity contribution in [3.8, 4) is 5.75 Å². The number of amides is 1. The number of hydrogen-bond acceptors (Lipinski definition) is 5. The summed E-state index contributed by atoms with van der Waals surface area (Å²) in [4.78, 5) is 21.2. The molecule has 1 atom stereocenters. The van der Waals surface area contributed by atoms with Crippen LogP contribution in [-0.2, 0) is 11.3 Å². The third-order valence-electron chi connectivity index (χ3n) is 4.19. The summed E-state index contributed by atoms with van der Waals surface area (Å²) in [6, 6.07) is 15.5. The van der Waals surface area contributed by atoms with Gasteiger partial charge in [-0.1, -0.05) is 37.3 Å². The number of nitrogens with one attached hydrogen (secondary N) is 1. The van der Waals surface area contributed by atoms with Crippen LogP contribution in [-0.4, -0.2) is 28.2 Å². The van der Waals surface area contributed by atoms with Crippen LogP contribution in [0.3, 0.4) is 0 Å². The Labute approximate surface area is 163 Å². The smallest absolute Gasteiger partial charge is 0.220 e. The van der Waals surface area contributed by atoms with Gasteiger partial charge in [0.25, 0.3) is 0 Å². The summed E-state index contributed by atoms with van der Waals surface area (Å²) in [5.41, 5.74) is 2.76. The lowest BCUT2D eigenvalue weighted by atomic mass is 10.2. The first-order chi connectivity index (χ1) is 13.2. The minimum Gasteiger partial charge on any atom is -0.496 e. The van der Waals surface area contributed by atoms with Gasteiger partial charge in [0.2, 0.25) is 5.91 Å². The number of para-hydroxylation sites is 3. The van der Waals surface area contributed by atoms with Gasteiger partial charge in [-0.2, -0.15) is 0 Å². The molecule has 1 amide bonds. The van der Waals surface area contributed by atoms with Crippen LogP contribution in [0.4, 0.5) is 0 Å². The molecule has 0 saturated heterocycles. The van der Waals surface area contributed by atoms with Crippen molar-refractivity contribution in [2.45, 2.75) is 36.6 Å². The second kappa shape index (κ2) is 9.37. The largest absolute Gasteiger partial charge is 0.496 e. The van der Waals surface area contributed by atoms with Crippen LogP contribution in [0.2, 0.25) is 0 Å². The van der Waals surface area contributed by atoms with E-state index in [0.29, 0.717) is 13.0 Å². The summed E-state index contributed by atoms with van der Waals surface area (Å²) in [6.07, 6.45) is 3.05. The lowest BCUT2D eigenvalue weighted by molar-refractivity contribution is -0.121. The van der Waals surface area contributed by atoms with E-state index < -0.39 is 0 Å². The zero-order valence-corrected chi connectivity index (χ0v) is 16.3. The highest BCUT2D eigenvalue weighted by atomic mass is 32.2. The number of aromatic nitrogens is 2. The number of benzene rings is 2. The maximum absolute atomic E-state index is 12.2. The fourth-order valence-corrected chi connectivity index (χ4v) is 3.64. The molecule has 3 aromatic rings. The van der Waals surface area contributed by atoms with E-state index in [1.165, 1.54) is 0 Å². The van der Waals surface area contributed by atoms with Gasteiger partial charge >= 0.3 is 0 Å². The van der Waals surface area contributed by atoms with Gasteiger partial charge in [-0.3, -0.25) is 9.78 Å². The van der Waals surface area contributed by atoms with Crippen molar-refractivity contribution < 1.29 is 9.53 Å². The second-order valence-electron chi connectivity index (χ2n) is 6.25. The van der Waals surface area contributed by atoms with E-state index in [1.807, 2.05) is 48.5 Å². The average molecular weight is 382 g/mol. The van der Waals surface area contributed by atoms with Crippen molar-refractivity contribution in [3.05, 3.63) is 60.3 Å². The molecule has 6 heteroatoms. The number of thioether (sulfide) groups is 1. The van der Waals surface area contributed by atoms with Crippen LogP contribution in [0.5, 0.6) is 5.75 Å². The molecule has 1 heterocycles. The number of hydrogen-bond donors (Lipinski definition) is 1. The highest BCUT2D eigenvalue weighted by Crippen LogP contribution is 2.25. The van der Waals surface area contributed by atoms with Crippen LogP contribution >= 0.6 is 11.8 Å². The zero-order valence-electron chi connectivity index (χ0n) is 15.5. The molecular formula is C21H23N3O2S. The minimum absolute atomic E-state index is 0.0398. The van der Waals surface area contributed by atoms with E-state index in [9.17, 15) is 4.79 Å². The number of methoxy groups -OCH3 is 1. The Morgan fingerprint density at radius 1 is 1.15 bits per heavy atom. The zero-order chi connectivity index (χ0) is 19.1. The number of nitrogens with zero attached hydrogens (tertiary/aromatic N) is 2. The van der Waals surface area contributed by atoms with Crippen LogP contribution in [0.15, 0.2) is 59.8 Å². The second-order valence-corrected chi connectivity index (χ2v) is 7.71. The molecule has 140 valence electrons. The SMILES string of the molecule is COc1ccccc1CNC(=O)CCC(C)Sc1cnc2ccccc2n1. The average Bonchev–Trinajstić information content (AvgIpc) is 2.70. The van der Waals surface area contributed by atoms with E-state index in [1.54, 1.807) is 25.1 Å². The number of carbonyl (C=O) groups excluding carboxylic acids is 1. The molecule has 27 heavy (non-hydrogen) atoms. The number of ether oxygens (including phenoxy) is 1. The molecule has 0 aliphatic rings. The van der Waals surface area contributed by atoms with E-state index in [-0.39, 0.29) is 11.2 Å². The van der Waals surface area contributed by atoms with E-state index in [2.05, 4.69) is 22.2 Å². The van der Waals surface area contributed by atoms with Crippen LogP contribution in [0.1, 0.15) is 25.3 Å². The van der Waals surface area contributed by atoms with Crippen molar-refractivity contribution in [3.63, 3.8) is 0 Å². The Kier molecular flexibility index (Phi) is 6.65. The van der Waals surface area contributed by atoms with Gasteiger partial charge in [-0.05, 0) is 24.6 Å². The summed E-state index contributed by atoms with van der Waals surface area (Å²) < 4.78 is 5.31. The van der Waals surface area contributed by atoms with Crippen molar-refractivity contribution in [2.75, 3.05) is 7.11 Å². The Morgan fingerprint density at radius 3 is 2.70 bits per heavy atom. The normalized spacial score (nSPS) is 11.9. The van der Waals surface area contributed by atoms with Gasteiger partial charge in [0.15, 0.2) is 0 Å². The van der Waals surface area contributed by atoms with Gasteiger partial charge in [0.1, 0.15) is 10.8 Å². The Bertz CT molecular complexity index is 917. The van der Waals surface area contributed by atoms with Crippen LogP contribution in [0, 0.1) is 0 Å². The van der Waals surface area contributed by atoms with Gasteiger partial charge in [0.05, 0.1) is 24.3 Å². The summed E-state index contributed by atoms with van der Waals surface area (Å²) in [6.45, 7) is 2.58. The molecule has 5 nitrogen and oxygen atoms in total. The molecule has 1 aromatic heterocycles. The predicted molar refractivity (Wildman–Crippen MR) is 109 cm³/mol. The van der Waals surface area contributed by atoms with Crippen molar-refractivity contribution in [2.24, 2.45) is 0 Å². The third-order valence-corrected chi connectivity index (χ3v) is 5.27. The first-order valence-corrected chi connectivity index (χ1v) is 9.80. The maximum atomic E-state index is 12.2. The maximum Gasteiger partial charge on any atom is 0.220 e. The Hall–Kier alpha value is -2.60. The molecule has 0 radical (unpaired) electrons. The van der Waals surface area contributed by atoms with E-state index >= 15 is 0 Å². The molecule has 0 saturated carbocycles. The molecule has 0 spiro atoms. The molecular weight excluding hydrogens is 358 g/mol. The topological polar surface area (TPSA) is 64.1 Å². The lowest BCUT2D eigenvalue weighted by Gasteiger charge is -2.12. The summed E-state index contributed by atoms with van der Waals surface area (Å²) in [5, 5.41) is 4.12. The van der Waals surface area contributed by atoms with Gasteiger partial charge in [0, 0.05) is 23.8 Å². The summed E-state index contributed by atoms with van der Waals surface area (Å²) in [7, 11) is 1.63. The molecule has 2 aromatic carbocycles. The fraction of sp³-hybridized carbons (Fsp3) is 0.286. The monoisotopic (exact) mass is 381 g/mol. The quantitative estimate of drug-likeness (QED) is 0.592. The predicted octanol–water partition coefficient (Wildman–Crippen LogP) is 4.22.